The molecule has 0 aliphatic rings. The molecule has 1 aromatic carbocycles. The minimum Gasteiger partial charge on any atom is -0.496 e. The molecular weight excluding hydrogens is 240 g/mol. The number of carbonyl (C=O) groups is 3. The van der Waals surface area contributed by atoms with Crippen LogP contribution in [0.25, 0.3) is 0 Å². The molecule has 2 amide bonds. The van der Waals surface area contributed by atoms with Gasteiger partial charge in [-0.2, -0.15) is 0 Å². The molecule has 0 aromatic heterocycles. The van der Waals surface area contributed by atoms with Crippen LogP contribution < -0.4 is 15.4 Å². The van der Waals surface area contributed by atoms with Crippen LogP contribution >= 0.6 is 0 Å². The second kappa shape index (κ2) is 5.67. The maximum Gasteiger partial charge on any atom is 0.394 e. The van der Waals surface area contributed by atoms with Gasteiger partial charge in [0.25, 0.3) is 5.91 Å². The number of amides is 2. The van der Waals surface area contributed by atoms with Gasteiger partial charge in [0.15, 0.2) is 0 Å². The first-order valence-electron chi connectivity index (χ1n) is 4.94. The normalized spacial score (nSPS) is 9.44. The van der Waals surface area contributed by atoms with Gasteiger partial charge in [-0.25, -0.2) is 4.79 Å². The number of carboxylic acid groups (broad SMARTS) is 1. The van der Waals surface area contributed by atoms with Gasteiger partial charge in [0.1, 0.15) is 11.3 Å². The number of nitrogens with one attached hydrogen (secondary N) is 2. The van der Waals surface area contributed by atoms with Gasteiger partial charge in [-0.15, -0.1) is 0 Å². The van der Waals surface area contributed by atoms with Crippen molar-refractivity contribution in [2.45, 2.75) is 0 Å². The Balaban J connectivity index is 3.22. The predicted octanol–water partition coefficient (Wildman–Crippen LogP) is 0.0779. The van der Waals surface area contributed by atoms with Gasteiger partial charge in [-0.3, -0.25) is 9.59 Å². The Kier molecular flexibility index (Phi) is 4.25. The summed E-state index contributed by atoms with van der Waals surface area (Å²) in [6, 6.07) is 4.47. The van der Waals surface area contributed by atoms with Crippen molar-refractivity contribution in [2.75, 3.05) is 19.5 Å². The number of benzene rings is 1. The Morgan fingerprint density at radius 3 is 2.44 bits per heavy atom. The summed E-state index contributed by atoms with van der Waals surface area (Å²) in [6.07, 6.45) is 0. The highest BCUT2D eigenvalue weighted by Gasteiger charge is 2.19. The first-order valence-corrected chi connectivity index (χ1v) is 4.94. The zero-order valence-corrected chi connectivity index (χ0v) is 9.81. The zero-order valence-electron chi connectivity index (χ0n) is 9.81. The number of aliphatic carboxylic acids is 1. The predicted molar refractivity (Wildman–Crippen MR) is 62.6 cm³/mol. The lowest BCUT2D eigenvalue weighted by atomic mass is 10.1. The third-order valence-corrected chi connectivity index (χ3v) is 2.14. The molecule has 0 saturated carbocycles. The van der Waals surface area contributed by atoms with Crippen LogP contribution in [0.1, 0.15) is 10.4 Å². The van der Waals surface area contributed by atoms with E-state index in [1.54, 1.807) is 0 Å². The van der Waals surface area contributed by atoms with E-state index in [-0.39, 0.29) is 17.0 Å². The maximum absolute atomic E-state index is 11.7. The number of anilines is 1. The van der Waals surface area contributed by atoms with Crippen molar-refractivity contribution in [3.8, 4) is 5.75 Å². The van der Waals surface area contributed by atoms with Crippen molar-refractivity contribution in [1.29, 1.82) is 0 Å². The molecule has 0 fully saturated rings. The number of ether oxygens (including phenoxy) is 1. The smallest absolute Gasteiger partial charge is 0.394 e. The molecule has 0 spiro atoms. The van der Waals surface area contributed by atoms with E-state index >= 15 is 0 Å². The van der Waals surface area contributed by atoms with E-state index < -0.39 is 17.8 Å². The first kappa shape index (κ1) is 13.5. The minimum absolute atomic E-state index is 0.0668. The molecule has 0 unspecified atom stereocenters. The fourth-order valence-electron chi connectivity index (χ4n) is 1.34. The van der Waals surface area contributed by atoms with E-state index in [1.807, 2.05) is 0 Å². The number of methoxy groups -OCH3 is 1. The van der Waals surface area contributed by atoms with Crippen molar-refractivity contribution in [2.24, 2.45) is 0 Å². The molecule has 3 N–H and O–H groups in total. The van der Waals surface area contributed by atoms with E-state index in [9.17, 15) is 14.4 Å². The standard InChI is InChI=1S/C11H12N2O5/c1-12-9(14)8-6(13-10(15)11(16)17)4-3-5-7(8)18-2/h3-5H,1-2H3,(H,12,14)(H,13,15)(H,16,17). The maximum atomic E-state index is 11.7. The van der Waals surface area contributed by atoms with Gasteiger partial charge in [-0.05, 0) is 12.1 Å². The zero-order chi connectivity index (χ0) is 13.7. The average Bonchev–Trinajstić information content (AvgIpc) is 2.37. The van der Waals surface area contributed by atoms with Crippen molar-refractivity contribution in [3.63, 3.8) is 0 Å². The quantitative estimate of drug-likeness (QED) is 0.661. The lowest BCUT2D eigenvalue weighted by molar-refractivity contribution is -0.147. The Morgan fingerprint density at radius 2 is 1.94 bits per heavy atom. The number of hydrogen-bond acceptors (Lipinski definition) is 4. The molecule has 18 heavy (non-hydrogen) atoms. The van der Waals surface area contributed by atoms with Gasteiger partial charge in [-0.1, -0.05) is 6.07 Å². The summed E-state index contributed by atoms with van der Waals surface area (Å²) in [7, 11) is 2.78. The summed E-state index contributed by atoms with van der Waals surface area (Å²) in [5.74, 6) is -3.13. The summed E-state index contributed by atoms with van der Waals surface area (Å²) in [6.45, 7) is 0. The molecule has 7 heteroatoms. The largest absolute Gasteiger partial charge is 0.496 e. The molecule has 1 rings (SSSR count). The molecule has 1 aromatic rings. The SMILES string of the molecule is CNC(=O)c1c(NC(=O)C(=O)O)cccc1OC. The fourth-order valence-corrected chi connectivity index (χ4v) is 1.34. The topological polar surface area (TPSA) is 105 Å². The monoisotopic (exact) mass is 252 g/mol. The number of carboxylic acids is 1. The van der Waals surface area contributed by atoms with E-state index in [0.29, 0.717) is 0 Å². The minimum atomic E-state index is -1.64. The third kappa shape index (κ3) is 2.76. The lowest BCUT2D eigenvalue weighted by Crippen LogP contribution is -2.25. The highest BCUT2D eigenvalue weighted by Crippen LogP contribution is 2.26. The molecular formula is C11H12N2O5. The van der Waals surface area contributed by atoms with Crippen molar-refractivity contribution >= 4 is 23.5 Å². The van der Waals surface area contributed by atoms with Crippen LogP contribution in [-0.2, 0) is 9.59 Å². The Bertz CT molecular complexity index is 498. The first-order chi connectivity index (χ1) is 8.51. The number of hydrogen-bond donors (Lipinski definition) is 3. The van der Waals surface area contributed by atoms with Crippen LogP contribution in [0.4, 0.5) is 5.69 Å². The van der Waals surface area contributed by atoms with Crippen LogP contribution in [0.15, 0.2) is 18.2 Å². The Morgan fingerprint density at radius 1 is 1.28 bits per heavy atom. The van der Waals surface area contributed by atoms with Gasteiger partial charge >= 0.3 is 11.9 Å². The van der Waals surface area contributed by atoms with E-state index in [0.717, 1.165) is 0 Å². The second-order valence-corrected chi connectivity index (χ2v) is 3.22. The van der Waals surface area contributed by atoms with Crippen molar-refractivity contribution in [1.82, 2.24) is 5.32 Å². The van der Waals surface area contributed by atoms with E-state index in [1.165, 1.54) is 32.4 Å². The van der Waals surface area contributed by atoms with Crippen molar-refractivity contribution in [3.05, 3.63) is 23.8 Å². The van der Waals surface area contributed by atoms with Gasteiger partial charge in [0, 0.05) is 7.05 Å². The third-order valence-electron chi connectivity index (χ3n) is 2.14. The summed E-state index contributed by atoms with van der Waals surface area (Å²) >= 11 is 0. The summed E-state index contributed by atoms with van der Waals surface area (Å²) in [5.41, 5.74) is 0.137. The van der Waals surface area contributed by atoms with Gasteiger partial charge < -0.3 is 20.5 Å². The van der Waals surface area contributed by atoms with Crippen LogP contribution in [0.5, 0.6) is 5.75 Å². The molecule has 0 aliphatic heterocycles. The summed E-state index contributed by atoms with van der Waals surface area (Å²) in [5, 5.41) is 13.0. The molecule has 0 radical (unpaired) electrons. The van der Waals surface area contributed by atoms with Crippen LogP contribution in [0, 0.1) is 0 Å². The number of carbonyl (C=O) groups excluding carboxylic acids is 2. The van der Waals surface area contributed by atoms with Crippen molar-refractivity contribution < 1.29 is 24.2 Å². The summed E-state index contributed by atoms with van der Waals surface area (Å²) < 4.78 is 4.99. The molecule has 0 aliphatic carbocycles. The molecule has 0 atom stereocenters. The van der Waals surface area contributed by atoms with Crippen LogP contribution in [-0.4, -0.2) is 37.0 Å². The Labute approximate surface area is 103 Å². The lowest BCUT2D eigenvalue weighted by Gasteiger charge is -2.12. The van der Waals surface area contributed by atoms with Gasteiger partial charge in [0.05, 0.1) is 12.8 Å². The number of rotatable bonds is 3. The highest BCUT2D eigenvalue weighted by molar-refractivity contribution is 6.37. The van der Waals surface area contributed by atoms with Gasteiger partial charge in [0.2, 0.25) is 0 Å². The van der Waals surface area contributed by atoms with Crippen LogP contribution in [0.3, 0.4) is 0 Å². The molecule has 0 saturated heterocycles. The average molecular weight is 252 g/mol. The van der Waals surface area contributed by atoms with E-state index in [4.69, 9.17) is 9.84 Å². The molecule has 96 valence electrons. The van der Waals surface area contributed by atoms with Crippen LogP contribution in [0.2, 0.25) is 0 Å². The van der Waals surface area contributed by atoms with E-state index in [2.05, 4.69) is 10.6 Å². The molecule has 7 nitrogen and oxygen atoms in total. The molecule has 0 bridgehead atoms. The summed E-state index contributed by atoms with van der Waals surface area (Å²) in [4.78, 5) is 33.2. The fraction of sp³-hybridized carbons (Fsp3) is 0.182. The Hall–Kier alpha value is -2.57. The molecule has 0 heterocycles. The second-order valence-electron chi connectivity index (χ2n) is 3.22. The highest BCUT2D eigenvalue weighted by atomic mass is 16.5.